The summed E-state index contributed by atoms with van der Waals surface area (Å²) in [4.78, 5) is 28.0. The van der Waals surface area contributed by atoms with Gasteiger partial charge in [0, 0.05) is 18.8 Å². The minimum atomic E-state index is -0.995. The molecule has 0 bridgehead atoms. The van der Waals surface area contributed by atoms with Gasteiger partial charge in [0.1, 0.15) is 0 Å². The molecule has 0 radical (unpaired) electrons. The third-order valence-corrected chi connectivity index (χ3v) is 0.894. The molecule has 0 saturated heterocycles. The molecule has 98 valence electrons. The Morgan fingerprint density at radius 1 is 0.882 bits per heavy atom. The van der Waals surface area contributed by atoms with Crippen molar-refractivity contribution in [2.75, 3.05) is 0 Å². The summed E-state index contributed by atoms with van der Waals surface area (Å²) in [5.41, 5.74) is 0. The Labute approximate surface area is 122 Å². The van der Waals surface area contributed by atoms with Crippen molar-refractivity contribution in [1.29, 1.82) is 0 Å². The summed E-state index contributed by atoms with van der Waals surface area (Å²) >= 11 is 0. The molecule has 7 nitrogen and oxygen atoms in total. The first-order chi connectivity index (χ1) is 6.81. The Balaban J connectivity index is -0.0000000400. The fourth-order valence-corrected chi connectivity index (χ4v) is 0. The Kier molecular flexibility index (Phi) is 43.2. The van der Waals surface area contributed by atoms with Gasteiger partial charge < -0.3 is 25.6 Å². The molecular weight excluding hydrogens is 243 g/mol. The molecule has 0 heterocycles. The van der Waals surface area contributed by atoms with Gasteiger partial charge >= 0.3 is 41.5 Å². The smallest absolute Gasteiger partial charge is 0.550 e. The molecule has 0 aliphatic rings. The second-order valence-corrected chi connectivity index (χ2v) is 2.22. The van der Waals surface area contributed by atoms with E-state index in [2.05, 4.69) is 0 Å². The normalized spacial score (nSPS) is 6.53. The number of aliphatic carboxylic acids is 3. The van der Waals surface area contributed by atoms with Gasteiger partial charge in [-0.25, -0.2) is 0 Å². The summed E-state index contributed by atoms with van der Waals surface area (Å²) < 4.78 is 0. The molecule has 0 aliphatic heterocycles. The van der Waals surface area contributed by atoms with Crippen molar-refractivity contribution in [2.45, 2.75) is 40.0 Å². The van der Waals surface area contributed by atoms with Crippen LogP contribution < -0.4 is 34.7 Å². The summed E-state index contributed by atoms with van der Waals surface area (Å²) in [6.07, 6.45) is 0.556. The third-order valence-electron chi connectivity index (χ3n) is 0.894. The Morgan fingerprint density at radius 3 is 1.00 bits per heavy atom. The minimum Gasteiger partial charge on any atom is -0.550 e. The van der Waals surface area contributed by atoms with E-state index in [1.54, 1.807) is 13.8 Å². The van der Waals surface area contributed by atoms with Crippen molar-refractivity contribution >= 4 is 17.9 Å². The molecule has 8 heteroatoms. The van der Waals surface area contributed by atoms with Gasteiger partial charge in [-0.1, -0.05) is 20.8 Å². The van der Waals surface area contributed by atoms with E-state index in [0.29, 0.717) is 0 Å². The quantitative estimate of drug-likeness (QED) is 0.500. The number of rotatable bonds is 3. The predicted octanol–water partition coefficient (Wildman–Crippen LogP) is -3.71. The molecule has 0 aromatic carbocycles. The fraction of sp³-hybridized carbons (Fsp3) is 0.667. The van der Waals surface area contributed by atoms with E-state index in [1.807, 2.05) is 0 Å². The molecule has 0 amide bonds. The maximum atomic E-state index is 9.37. The van der Waals surface area contributed by atoms with E-state index >= 15 is 0 Å². The molecule has 0 saturated carbocycles. The average Bonchev–Trinajstić information content (AvgIpc) is 2.19. The fourth-order valence-electron chi connectivity index (χ4n) is 0. The summed E-state index contributed by atoms with van der Waals surface area (Å²) in [6.45, 7) is 4.74. The molecule has 0 unspecified atom stereocenters. The van der Waals surface area contributed by atoms with Crippen molar-refractivity contribution in [2.24, 2.45) is 0 Å². The molecule has 17 heavy (non-hydrogen) atoms. The first-order valence-corrected chi connectivity index (χ1v) is 4.45. The summed E-state index contributed by atoms with van der Waals surface area (Å²) in [7, 11) is 0. The summed E-state index contributed by atoms with van der Waals surface area (Å²) in [5, 5.41) is 24.7. The number of carbonyl (C=O) groups is 3. The minimum absolute atomic E-state index is 0. The molecule has 0 rings (SSSR count). The van der Waals surface area contributed by atoms with Crippen LogP contribution in [0, 0.1) is 0 Å². The first kappa shape index (κ1) is 29.9. The van der Waals surface area contributed by atoms with Crippen LogP contribution in [0.15, 0.2) is 0 Å². The van der Waals surface area contributed by atoms with Crippen molar-refractivity contribution in [3.63, 3.8) is 0 Å². The number of hydrogen-bond donors (Lipinski definition) is 2. The molecule has 4 N–H and O–H groups in total. The van der Waals surface area contributed by atoms with Crippen molar-refractivity contribution in [1.82, 2.24) is 0 Å². The van der Waals surface area contributed by atoms with Gasteiger partial charge in [0.25, 0.3) is 0 Å². The second-order valence-electron chi connectivity index (χ2n) is 2.22. The zero-order valence-electron chi connectivity index (χ0n) is 10.6. The van der Waals surface area contributed by atoms with Gasteiger partial charge in [0.15, 0.2) is 0 Å². The van der Waals surface area contributed by atoms with Gasteiger partial charge in [-0.3, -0.25) is 9.59 Å². The number of carboxylic acids is 3. The molecule has 0 aromatic heterocycles. The number of hydrogen-bond acceptors (Lipinski definition) is 4. The average molecular weight is 262 g/mol. The van der Waals surface area contributed by atoms with Crippen LogP contribution in [-0.2, 0) is 14.4 Å². The largest absolute Gasteiger partial charge is 1.00 e. The van der Waals surface area contributed by atoms with Crippen molar-refractivity contribution < 1.29 is 64.7 Å². The molecular formula is C9H19NaO7. The van der Waals surface area contributed by atoms with Crippen LogP contribution in [0.1, 0.15) is 40.0 Å². The first-order valence-electron chi connectivity index (χ1n) is 4.45. The Bertz CT molecular complexity index is 160. The van der Waals surface area contributed by atoms with Crippen LogP contribution in [0.4, 0.5) is 0 Å². The maximum absolute atomic E-state index is 9.37. The summed E-state index contributed by atoms with van der Waals surface area (Å²) in [6, 6.07) is 0. The van der Waals surface area contributed by atoms with Crippen molar-refractivity contribution in [3.8, 4) is 0 Å². The van der Waals surface area contributed by atoms with E-state index < -0.39 is 17.9 Å². The van der Waals surface area contributed by atoms with E-state index in [4.69, 9.17) is 10.2 Å². The van der Waals surface area contributed by atoms with Crippen LogP contribution in [0.3, 0.4) is 0 Å². The second kappa shape index (κ2) is 24.6. The van der Waals surface area contributed by atoms with Crippen LogP contribution in [0.5, 0.6) is 0 Å². The predicted molar refractivity (Wildman–Crippen MR) is 54.8 cm³/mol. The van der Waals surface area contributed by atoms with Gasteiger partial charge in [-0.15, -0.1) is 0 Å². The van der Waals surface area contributed by atoms with Crippen LogP contribution >= 0.6 is 0 Å². The summed E-state index contributed by atoms with van der Waals surface area (Å²) in [5.74, 6) is -2.49. The van der Waals surface area contributed by atoms with Crippen LogP contribution in [-0.4, -0.2) is 33.6 Å². The van der Waals surface area contributed by atoms with Crippen LogP contribution in [0.25, 0.3) is 0 Å². The maximum Gasteiger partial charge on any atom is 1.00 e. The van der Waals surface area contributed by atoms with Gasteiger partial charge in [0.05, 0.1) is 0 Å². The van der Waals surface area contributed by atoms with Gasteiger partial charge in [0.2, 0.25) is 0 Å². The SMILES string of the molecule is CCC(=O)O.CCC(=O)O.CCC(=O)[O-].O.[Na+]. The van der Waals surface area contributed by atoms with E-state index in [-0.39, 0.29) is 54.3 Å². The molecule has 0 fully saturated rings. The Hall–Kier alpha value is -0.630. The standard InChI is InChI=1S/3C3H6O2.Na.H2O/c3*1-2-3(4)5;;/h3*2H2,1H3,(H,4,5);;1H2/q;;;+1;/p-1. The molecule has 0 aromatic rings. The molecule has 0 spiro atoms. The van der Waals surface area contributed by atoms with E-state index in [1.165, 1.54) is 6.92 Å². The van der Waals surface area contributed by atoms with Gasteiger partial charge in [-0.2, -0.15) is 0 Å². The zero-order valence-corrected chi connectivity index (χ0v) is 12.6. The Morgan fingerprint density at radius 2 is 1.00 bits per heavy atom. The molecule has 0 atom stereocenters. The monoisotopic (exact) mass is 262 g/mol. The molecule has 0 aliphatic carbocycles. The third kappa shape index (κ3) is 95.3. The zero-order chi connectivity index (χ0) is 12.9. The van der Waals surface area contributed by atoms with Crippen molar-refractivity contribution in [3.05, 3.63) is 0 Å². The van der Waals surface area contributed by atoms with E-state index in [0.717, 1.165) is 0 Å². The van der Waals surface area contributed by atoms with Crippen LogP contribution in [0.2, 0.25) is 0 Å². The number of carbonyl (C=O) groups excluding carboxylic acids is 1. The topological polar surface area (TPSA) is 146 Å². The van der Waals surface area contributed by atoms with Gasteiger partial charge in [-0.05, 0) is 6.42 Å². The number of carboxylic acid groups (broad SMARTS) is 3. The van der Waals surface area contributed by atoms with E-state index in [9.17, 15) is 19.5 Å².